The Morgan fingerprint density at radius 2 is 2.00 bits per heavy atom. The first-order valence-electron chi connectivity index (χ1n) is 9.74. The van der Waals surface area contributed by atoms with Crippen LogP contribution < -0.4 is 10.5 Å². The topological polar surface area (TPSA) is 69.3 Å². The number of amides is 1. The average Bonchev–Trinajstić information content (AvgIpc) is 2.86. The maximum atomic E-state index is 13.1. The highest BCUT2D eigenvalue weighted by atomic mass is 32.2. The minimum atomic E-state index is -0.155. The fourth-order valence-electron chi connectivity index (χ4n) is 3.58. The Hall–Kier alpha value is -2.64. The predicted molar refractivity (Wildman–Crippen MR) is 117 cm³/mol. The van der Waals surface area contributed by atoms with E-state index in [2.05, 4.69) is 23.0 Å². The van der Waals surface area contributed by atoms with E-state index in [1.54, 1.807) is 6.07 Å². The summed E-state index contributed by atoms with van der Waals surface area (Å²) in [5, 5.41) is 1.04. The third-order valence-corrected chi connectivity index (χ3v) is 6.27. The fraction of sp³-hybridized carbons (Fsp3) is 0.318. The summed E-state index contributed by atoms with van der Waals surface area (Å²) in [7, 11) is 1.87. The molecule has 3 aromatic rings. The van der Waals surface area contributed by atoms with Gasteiger partial charge in [0.15, 0.2) is 0 Å². The van der Waals surface area contributed by atoms with E-state index in [0.29, 0.717) is 35.1 Å². The summed E-state index contributed by atoms with van der Waals surface area (Å²) in [5.74, 6) is 0.613. The number of carbonyl (C=O) groups excluding carboxylic acids is 1. The van der Waals surface area contributed by atoms with E-state index >= 15 is 0 Å². The first-order chi connectivity index (χ1) is 14.0. The van der Waals surface area contributed by atoms with Gasteiger partial charge in [0.2, 0.25) is 5.91 Å². The van der Waals surface area contributed by atoms with Crippen LogP contribution in [0.2, 0.25) is 0 Å². The van der Waals surface area contributed by atoms with E-state index in [9.17, 15) is 9.59 Å². The van der Waals surface area contributed by atoms with E-state index in [-0.39, 0.29) is 18.0 Å². The quantitative estimate of drug-likeness (QED) is 0.718. The molecule has 6 nitrogen and oxygen atoms in total. The average molecular weight is 409 g/mol. The van der Waals surface area contributed by atoms with Gasteiger partial charge in [-0.2, -0.15) is 0 Å². The molecule has 0 bridgehead atoms. The summed E-state index contributed by atoms with van der Waals surface area (Å²) in [4.78, 5) is 37.6. The maximum absolute atomic E-state index is 13.1. The number of para-hydroxylation sites is 2. The van der Waals surface area contributed by atoms with Gasteiger partial charge in [0, 0.05) is 16.7 Å². The number of hydrogen-bond donors (Lipinski definition) is 1. The molecule has 0 saturated heterocycles. The second-order valence-corrected chi connectivity index (χ2v) is 8.91. The third kappa shape index (κ3) is 4.36. The number of rotatable bonds is 4. The van der Waals surface area contributed by atoms with Gasteiger partial charge in [-0.05, 0) is 37.7 Å². The van der Waals surface area contributed by atoms with Crippen molar-refractivity contribution >= 4 is 34.3 Å². The maximum Gasteiger partial charge on any atom is 0.258 e. The summed E-state index contributed by atoms with van der Waals surface area (Å²) in [6.07, 6.45) is 0.953. The van der Waals surface area contributed by atoms with E-state index in [4.69, 9.17) is 0 Å². The molecule has 0 radical (unpaired) electrons. The highest BCUT2D eigenvalue weighted by molar-refractivity contribution is 8.00. The zero-order valence-electron chi connectivity index (χ0n) is 16.6. The molecule has 0 saturated carbocycles. The lowest BCUT2D eigenvalue weighted by Crippen LogP contribution is -2.40. The normalized spacial score (nSPS) is 16.7. The molecule has 4 rings (SSSR count). The van der Waals surface area contributed by atoms with Gasteiger partial charge in [0.05, 0.1) is 29.7 Å². The SMILES string of the molecule is C[C@@H]1CCN(C(=O)CN(C)Cc2nc3ccccc3c(=O)[nH]2)c2ccccc2S1. The van der Waals surface area contributed by atoms with Crippen LogP contribution in [0.1, 0.15) is 19.2 Å². The van der Waals surface area contributed by atoms with Gasteiger partial charge in [0.1, 0.15) is 5.82 Å². The molecule has 1 atom stereocenters. The molecule has 1 amide bonds. The number of likely N-dealkylation sites (N-methyl/N-ethyl adjacent to an activating group) is 1. The molecule has 2 aromatic carbocycles. The number of nitrogens with one attached hydrogen (secondary N) is 1. The van der Waals surface area contributed by atoms with Crippen molar-refractivity contribution in [2.24, 2.45) is 0 Å². The van der Waals surface area contributed by atoms with Crippen LogP contribution in [0.4, 0.5) is 5.69 Å². The Morgan fingerprint density at radius 1 is 1.24 bits per heavy atom. The largest absolute Gasteiger partial charge is 0.310 e. The second kappa shape index (κ2) is 8.39. The zero-order valence-corrected chi connectivity index (χ0v) is 17.4. The predicted octanol–water partition coefficient (Wildman–Crippen LogP) is 3.27. The fourth-order valence-corrected chi connectivity index (χ4v) is 4.70. The molecule has 1 aliphatic rings. The molecule has 0 spiro atoms. The molecule has 7 heteroatoms. The monoisotopic (exact) mass is 408 g/mol. The van der Waals surface area contributed by atoms with Crippen LogP contribution in [-0.4, -0.2) is 46.2 Å². The Balaban J connectivity index is 1.49. The summed E-state index contributed by atoms with van der Waals surface area (Å²) in [6.45, 7) is 3.56. The number of hydrogen-bond acceptors (Lipinski definition) is 5. The molecule has 29 heavy (non-hydrogen) atoms. The first kappa shape index (κ1) is 19.7. The van der Waals surface area contributed by atoms with Crippen LogP contribution in [0.25, 0.3) is 10.9 Å². The van der Waals surface area contributed by atoms with Crippen LogP contribution in [0, 0.1) is 0 Å². The van der Waals surface area contributed by atoms with Crippen molar-refractivity contribution in [2.75, 3.05) is 25.0 Å². The summed E-state index contributed by atoms with van der Waals surface area (Å²) >= 11 is 1.82. The standard InChI is InChI=1S/C22H24N4O2S/c1-15-11-12-26(18-9-5-6-10-19(18)29-15)21(27)14-25(2)13-20-23-17-8-4-3-7-16(17)22(28)24-20/h3-10,15H,11-14H2,1-2H3,(H,23,24,28)/t15-/m1/s1. The third-order valence-electron chi connectivity index (χ3n) is 5.03. The van der Waals surface area contributed by atoms with E-state index < -0.39 is 0 Å². The van der Waals surface area contributed by atoms with E-state index in [1.165, 1.54) is 0 Å². The number of H-pyrrole nitrogens is 1. The van der Waals surface area contributed by atoms with Crippen molar-refractivity contribution < 1.29 is 4.79 Å². The molecule has 0 unspecified atom stereocenters. The van der Waals surface area contributed by atoms with Crippen molar-refractivity contribution in [3.05, 3.63) is 64.7 Å². The number of fused-ring (bicyclic) bond motifs is 2. The molecule has 1 aliphatic heterocycles. The van der Waals surface area contributed by atoms with Gasteiger partial charge < -0.3 is 9.88 Å². The molecule has 0 fully saturated rings. The number of aromatic nitrogens is 2. The molecule has 1 N–H and O–H groups in total. The van der Waals surface area contributed by atoms with E-state index in [1.807, 2.05) is 65.0 Å². The highest BCUT2D eigenvalue weighted by Crippen LogP contribution is 2.37. The Labute approximate surface area is 173 Å². The number of benzene rings is 2. The minimum absolute atomic E-state index is 0.0535. The second-order valence-electron chi connectivity index (χ2n) is 7.43. The van der Waals surface area contributed by atoms with Crippen molar-refractivity contribution in [2.45, 2.75) is 30.0 Å². The van der Waals surface area contributed by atoms with Gasteiger partial charge in [-0.25, -0.2) is 4.98 Å². The molecule has 2 heterocycles. The van der Waals surface area contributed by atoms with Crippen LogP contribution in [-0.2, 0) is 11.3 Å². The van der Waals surface area contributed by atoms with Crippen molar-refractivity contribution in [1.82, 2.24) is 14.9 Å². The summed E-state index contributed by atoms with van der Waals surface area (Å²) in [5.41, 5.74) is 1.49. The van der Waals surface area contributed by atoms with Crippen LogP contribution in [0.5, 0.6) is 0 Å². The Morgan fingerprint density at radius 3 is 2.86 bits per heavy atom. The van der Waals surface area contributed by atoms with Crippen molar-refractivity contribution in [3.8, 4) is 0 Å². The van der Waals surface area contributed by atoms with Crippen molar-refractivity contribution in [1.29, 1.82) is 0 Å². The van der Waals surface area contributed by atoms with E-state index in [0.717, 1.165) is 17.0 Å². The molecule has 150 valence electrons. The van der Waals surface area contributed by atoms with Crippen LogP contribution >= 0.6 is 11.8 Å². The summed E-state index contributed by atoms with van der Waals surface area (Å²) < 4.78 is 0. The van der Waals surface area contributed by atoms with Gasteiger partial charge in [-0.15, -0.1) is 11.8 Å². The Bertz CT molecular complexity index is 1100. The van der Waals surface area contributed by atoms with Gasteiger partial charge in [-0.1, -0.05) is 31.2 Å². The number of thioether (sulfide) groups is 1. The van der Waals surface area contributed by atoms with Gasteiger partial charge in [0.25, 0.3) is 5.56 Å². The lowest BCUT2D eigenvalue weighted by atomic mass is 10.2. The number of carbonyl (C=O) groups is 1. The molecule has 0 aliphatic carbocycles. The van der Waals surface area contributed by atoms with Gasteiger partial charge >= 0.3 is 0 Å². The number of nitrogens with zero attached hydrogens (tertiary/aromatic N) is 3. The van der Waals surface area contributed by atoms with Crippen molar-refractivity contribution in [3.63, 3.8) is 0 Å². The molecule has 1 aromatic heterocycles. The Kier molecular flexibility index (Phi) is 5.69. The number of anilines is 1. The zero-order chi connectivity index (χ0) is 20.4. The van der Waals surface area contributed by atoms with Crippen LogP contribution in [0.3, 0.4) is 0 Å². The van der Waals surface area contributed by atoms with Crippen LogP contribution in [0.15, 0.2) is 58.2 Å². The smallest absolute Gasteiger partial charge is 0.258 e. The number of aromatic amines is 1. The highest BCUT2D eigenvalue weighted by Gasteiger charge is 2.24. The molecular formula is C22H24N4O2S. The first-order valence-corrected chi connectivity index (χ1v) is 10.6. The lowest BCUT2D eigenvalue weighted by molar-refractivity contribution is -0.119. The minimum Gasteiger partial charge on any atom is -0.310 e. The molecular weight excluding hydrogens is 384 g/mol. The lowest BCUT2D eigenvalue weighted by Gasteiger charge is -2.25. The van der Waals surface area contributed by atoms with Gasteiger partial charge in [-0.3, -0.25) is 14.5 Å². The summed E-state index contributed by atoms with van der Waals surface area (Å²) in [6, 6.07) is 15.4.